The Balaban J connectivity index is 1.89. The van der Waals surface area contributed by atoms with E-state index in [1.165, 1.54) is 4.68 Å². The van der Waals surface area contributed by atoms with Crippen LogP contribution in [0.2, 0.25) is 0 Å². The Morgan fingerprint density at radius 1 is 1.17 bits per heavy atom. The molecule has 1 aromatic carbocycles. The standard InChI is InChI=1S/C20H23N7O3/c1-20(2,3)15-11-10-14(18(22-15)30-19(21)28)12-29-24-16(13-8-6-5-7-9-13)17-23-25-26-27(17)4/h5-11H,12H2,1-4H3,(H2,21,28). The van der Waals surface area contributed by atoms with Gasteiger partial charge < -0.3 is 15.3 Å². The number of nitrogens with two attached hydrogens (primary N) is 1. The molecule has 0 saturated heterocycles. The minimum atomic E-state index is -0.951. The number of aryl methyl sites for hydroxylation is 1. The molecule has 0 saturated carbocycles. The lowest BCUT2D eigenvalue weighted by molar-refractivity contribution is 0.128. The number of amides is 1. The molecule has 0 fully saturated rings. The normalized spacial score (nSPS) is 11.9. The van der Waals surface area contributed by atoms with E-state index in [-0.39, 0.29) is 17.9 Å². The number of primary amides is 1. The summed E-state index contributed by atoms with van der Waals surface area (Å²) >= 11 is 0. The molecule has 0 aliphatic rings. The van der Waals surface area contributed by atoms with Crippen LogP contribution >= 0.6 is 0 Å². The molecule has 10 nitrogen and oxygen atoms in total. The van der Waals surface area contributed by atoms with Crippen LogP contribution in [0.5, 0.6) is 5.88 Å². The van der Waals surface area contributed by atoms with E-state index in [1.807, 2.05) is 57.2 Å². The predicted molar refractivity (Wildman–Crippen MR) is 109 cm³/mol. The molecule has 0 aliphatic heterocycles. The van der Waals surface area contributed by atoms with Crippen LogP contribution in [0.3, 0.4) is 0 Å². The number of pyridine rings is 1. The maximum Gasteiger partial charge on any atom is 0.411 e. The second-order valence-electron chi connectivity index (χ2n) is 7.54. The molecule has 156 valence electrons. The van der Waals surface area contributed by atoms with Gasteiger partial charge in [-0.2, -0.15) is 0 Å². The van der Waals surface area contributed by atoms with Crippen LogP contribution < -0.4 is 10.5 Å². The molecule has 10 heteroatoms. The van der Waals surface area contributed by atoms with Gasteiger partial charge in [-0.1, -0.05) is 56.3 Å². The van der Waals surface area contributed by atoms with Gasteiger partial charge in [-0.25, -0.2) is 14.5 Å². The summed E-state index contributed by atoms with van der Waals surface area (Å²) in [6, 6.07) is 13.0. The second-order valence-corrected chi connectivity index (χ2v) is 7.54. The van der Waals surface area contributed by atoms with E-state index in [9.17, 15) is 4.79 Å². The molecule has 30 heavy (non-hydrogen) atoms. The third-order valence-electron chi connectivity index (χ3n) is 4.16. The molecule has 3 rings (SSSR count). The van der Waals surface area contributed by atoms with Crippen LogP contribution in [0, 0.1) is 0 Å². The molecular formula is C20H23N7O3. The van der Waals surface area contributed by atoms with E-state index < -0.39 is 6.09 Å². The number of hydrogen-bond donors (Lipinski definition) is 1. The Morgan fingerprint density at radius 3 is 2.50 bits per heavy atom. The quantitative estimate of drug-likeness (QED) is 0.488. The van der Waals surface area contributed by atoms with Crippen LogP contribution in [0.25, 0.3) is 0 Å². The lowest BCUT2D eigenvalue weighted by Gasteiger charge is -2.19. The van der Waals surface area contributed by atoms with Crippen molar-refractivity contribution in [2.45, 2.75) is 32.8 Å². The first-order chi connectivity index (χ1) is 14.3. The van der Waals surface area contributed by atoms with Gasteiger partial charge in [0.05, 0.1) is 5.56 Å². The van der Waals surface area contributed by atoms with Gasteiger partial charge in [-0.15, -0.1) is 5.10 Å². The average Bonchev–Trinajstić information content (AvgIpc) is 3.11. The van der Waals surface area contributed by atoms with Crippen LogP contribution in [-0.4, -0.2) is 37.0 Å². The SMILES string of the molecule is Cn1nnnc1C(=NOCc1ccc(C(C)(C)C)nc1OC(N)=O)c1ccccc1. The third kappa shape index (κ3) is 4.96. The average molecular weight is 409 g/mol. The van der Waals surface area contributed by atoms with Gasteiger partial charge >= 0.3 is 6.09 Å². The van der Waals surface area contributed by atoms with Crippen molar-refractivity contribution in [2.24, 2.45) is 17.9 Å². The summed E-state index contributed by atoms with van der Waals surface area (Å²) in [7, 11) is 1.71. The minimum Gasteiger partial charge on any atom is -0.391 e. The minimum absolute atomic E-state index is 0.00164. The fraction of sp³-hybridized carbons (Fsp3) is 0.300. The Hall–Kier alpha value is -3.82. The molecule has 0 unspecified atom stereocenters. The smallest absolute Gasteiger partial charge is 0.391 e. The first-order valence-corrected chi connectivity index (χ1v) is 9.21. The molecule has 0 spiro atoms. The summed E-state index contributed by atoms with van der Waals surface area (Å²) in [5.41, 5.74) is 7.48. The number of benzene rings is 1. The number of nitrogens with zero attached hydrogens (tertiary/aromatic N) is 6. The molecule has 2 N–H and O–H groups in total. The zero-order chi connectivity index (χ0) is 21.7. The van der Waals surface area contributed by atoms with Gasteiger partial charge in [0.1, 0.15) is 6.61 Å². The van der Waals surface area contributed by atoms with Gasteiger partial charge in [0.25, 0.3) is 0 Å². The fourth-order valence-electron chi connectivity index (χ4n) is 2.60. The summed E-state index contributed by atoms with van der Waals surface area (Å²) in [4.78, 5) is 21.3. The molecule has 1 amide bonds. The van der Waals surface area contributed by atoms with Gasteiger partial charge in [-0.05, 0) is 22.6 Å². The Morgan fingerprint density at radius 2 is 1.90 bits per heavy atom. The number of hydrogen-bond acceptors (Lipinski definition) is 8. The highest BCUT2D eigenvalue weighted by Gasteiger charge is 2.20. The van der Waals surface area contributed by atoms with Crippen molar-refractivity contribution in [1.82, 2.24) is 25.2 Å². The number of carbonyl (C=O) groups is 1. The highest BCUT2D eigenvalue weighted by atomic mass is 16.6. The number of aromatic nitrogens is 5. The van der Waals surface area contributed by atoms with Crippen molar-refractivity contribution in [2.75, 3.05) is 0 Å². The monoisotopic (exact) mass is 409 g/mol. The van der Waals surface area contributed by atoms with Crippen molar-refractivity contribution in [3.05, 3.63) is 65.1 Å². The zero-order valence-electron chi connectivity index (χ0n) is 17.2. The maximum absolute atomic E-state index is 11.3. The lowest BCUT2D eigenvalue weighted by Crippen LogP contribution is -2.20. The molecule has 0 bridgehead atoms. The molecule has 2 aromatic heterocycles. The second kappa shape index (κ2) is 8.68. The Bertz CT molecular complexity index is 1060. The molecular weight excluding hydrogens is 386 g/mol. The van der Waals surface area contributed by atoms with Crippen molar-refractivity contribution in [1.29, 1.82) is 0 Å². The lowest BCUT2D eigenvalue weighted by atomic mass is 9.91. The van der Waals surface area contributed by atoms with Crippen molar-refractivity contribution < 1.29 is 14.4 Å². The van der Waals surface area contributed by atoms with E-state index in [4.69, 9.17) is 15.3 Å². The topological polar surface area (TPSA) is 130 Å². The van der Waals surface area contributed by atoms with Crippen LogP contribution in [0.1, 0.15) is 43.4 Å². The van der Waals surface area contributed by atoms with Crippen LogP contribution in [-0.2, 0) is 23.9 Å². The molecule has 0 aliphatic carbocycles. The van der Waals surface area contributed by atoms with E-state index in [0.717, 1.165) is 11.3 Å². The highest BCUT2D eigenvalue weighted by molar-refractivity contribution is 6.10. The number of rotatable bonds is 6. The van der Waals surface area contributed by atoms with Crippen LogP contribution in [0.4, 0.5) is 4.79 Å². The third-order valence-corrected chi connectivity index (χ3v) is 4.16. The summed E-state index contributed by atoms with van der Waals surface area (Å²) in [5.74, 6) is 0.530. The number of carbonyl (C=O) groups excluding carboxylic acids is 1. The van der Waals surface area contributed by atoms with Crippen LogP contribution in [0.15, 0.2) is 47.6 Å². The zero-order valence-corrected chi connectivity index (χ0v) is 17.2. The predicted octanol–water partition coefficient (Wildman–Crippen LogP) is 2.33. The van der Waals surface area contributed by atoms with Gasteiger partial charge in [0, 0.05) is 23.7 Å². The fourth-order valence-corrected chi connectivity index (χ4v) is 2.60. The first-order valence-electron chi connectivity index (χ1n) is 9.21. The summed E-state index contributed by atoms with van der Waals surface area (Å²) in [6.45, 7) is 6.02. The van der Waals surface area contributed by atoms with E-state index >= 15 is 0 Å². The molecule has 2 heterocycles. The van der Waals surface area contributed by atoms with Crippen molar-refractivity contribution in [3.8, 4) is 5.88 Å². The summed E-state index contributed by atoms with van der Waals surface area (Å²) < 4.78 is 6.57. The van der Waals surface area contributed by atoms with Gasteiger partial charge in [-0.3, -0.25) is 0 Å². The maximum atomic E-state index is 11.3. The van der Waals surface area contributed by atoms with Gasteiger partial charge in [0.15, 0.2) is 5.71 Å². The molecule has 0 radical (unpaired) electrons. The van der Waals surface area contributed by atoms with E-state index in [1.54, 1.807) is 13.1 Å². The van der Waals surface area contributed by atoms with Crippen molar-refractivity contribution >= 4 is 11.8 Å². The van der Waals surface area contributed by atoms with Gasteiger partial charge in [0.2, 0.25) is 11.7 Å². The van der Waals surface area contributed by atoms with E-state index in [0.29, 0.717) is 17.1 Å². The summed E-state index contributed by atoms with van der Waals surface area (Å²) in [5, 5.41) is 15.7. The largest absolute Gasteiger partial charge is 0.411 e. The Labute approximate surface area is 173 Å². The van der Waals surface area contributed by atoms with Crippen molar-refractivity contribution in [3.63, 3.8) is 0 Å². The number of oxime groups is 1. The van der Waals surface area contributed by atoms with E-state index in [2.05, 4.69) is 25.7 Å². The molecule has 3 aromatic rings. The highest BCUT2D eigenvalue weighted by Crippen LogP contribution is 2.25. The summed E-state index contributed by atoms with van der Waals surface area (Å²) in [6.07, 6.45) is -0.951. The Kier molecular flexibility index (Phi) is 6.05. The first kappa shape index (κ1) is 20.9. The number of ether oxygens (including phenoxy) is 1. The molecule has 0 atom stereocenters. The number of tetrazole rings is 1.